The zero-order valence-corrected chi connectivity index (χ0v) is 18.8. The summed E-state index contributed by atoms with van der Waals surface area (Å²) in [5.41, 5.74) is 3.35. The summed E-state index contributed by atoms with van der Waals surface area (Å²) >= 11 is 0. The molecule has 0 bridgehead atoms. The lowest BCUT2D eigenvalue weighted by Gasteiger charge is -2.43. The molecule has 3 aromatic rings. The third-order valence-corrected chi connectivity index (χ3v) is 6.55. The van der Waals surface area contributed by atoms with E-state index in [-0.39, 0.29) is 25.9 Å². The van der Waals surface area contributed by atoms with E-state index in [1.165, 1.54) is 10.9 Å². The number of hydrogen-bond acceptors (Lipinski definition) is 4. The number of aromatic amines is 1. The lowest BCUT2D eigenvalue weighted by atomic mass is 9.90. The maximum atomic E-state index is 15.1. The van der Waals surface area contributed by atoms with Gasteiger partial charge in [-0.05, 0) is 48.7 Å². The standard InChI is InChI=1S/C26H31F2N3O2/c27-10-4-11-29-12-14-33-20-6-3-5-19(15-20)25-24-22(21-7-1-2-8-23(21)30-24)9-13-31(25)16-26(28)17-32-18-26/h1-3,5-8,15,25,29-30H,4,9-14,16-18H2/t25-/m1/s1. The number of hydrogen-bond donors (Lipinski definition) is 2. The maximum absolute atomic E-state index is 15.1. The van der Waals surface area contributed by atoms with Gasteiger partial charge in [-0.25, -0.2) is 4.39 Å². The van der Waals surface area contributed by atoms with Crippen molar-refractivity contribution in [3.05, 3.63) is 65.4 Å². The molecule has 1 fully saturated rings. The maximum Gasteiger partial charge on any atom is 0.169 e. The Morgan fingerprint density at radius 2 is 2.03 bits per heavy atom. The molecule has 0 amide bonds. The molecular formula is C26H31F2N3O2. The van der Waals surface area contributed by atoms with E-state index in [9.17, 15) is 4.39 Å². The summed E-state index contributed by atoms with van der Waals surface area (Å²) in [6.07, 6.45) is 1.40. The fourth-order valence-electron chi connectivity index (χ4n) is 4.95. The summed E-state index contributed by atoms with van der Waals surface area (Å²) in [5, 5.41) is 4.42. The number of alkyl halides is 2. The third-order valence-electron chi connectivity index (χ3n) is 6.55. The molecule has 0 radical (unpaired) electrons. The Morgan fingerprint density at radius 1 is 1.15 bits per heavy atom. The smallest absolute Gasteiger partial charge is 0.169 e. The van der Waals surface area contributed by atoms with Crippen LogP contribution >= 0.6 is 0 Å². The summed E-state index contributed by atoms with van der Waals surface area (Å²) in [4.78, 5) is 5.86. The first-order valence-electron chi connectivity index (χ1n) is 11.8. The van der Waals surface area contributed by atoms with Crippen LogP contribution in [0.1, 0.15) is 29.3 Å². The predicted molar refractivity (Wildman–Crippen MR) is 125 cm³/mol. The first-order valence-corrected chi connectivity index (χ1v) is 11.8. The fraction of sp³-hybridized carbons (Fsp3) is 0.462. The zero-order valence-electron chi connectivity index (χ0n) is 18.8. The van der Waals surface area contributed by atoms with Crippen LogP contribution in [0.5, 0.6) is 5.75 Å². The normalized spacial score (nSPS) is 19.9. The Balaban J connectivity index is 1.41. The molecule has 0 aliphatic carbocycles. The van der Waals surface area contributed by atoms with Crippen molar-refractivity contribution < 1.29 is 18.3 Å². The van der Waals surface area contributed by atoms with Crippen molar-refractivity contribution in [2.75, 3.05) is 52.7 Å². The minimum absolute atomic E-state index is 0.0828. The van der Waals surface area contributed by atoms with Gasteiger partial charge in [-0.2, -0.15) is 0 Å². The molecule has 176 valence electrons. The second-order valence-corrected chi connectivity index (χ2v) is 9.04. The topological polar surface area (TPSA) is 49.5 Å². The first kappa shape index (κ1) is 22.3. The van der Waals surface area contributed by atoms with Crippen LogP contribution in [0.3, 0.4) is 0 Å². The number of benzene rings is 2. The van der Waals surface area contributed by atoms with E-state index < -0.39 is 5.67 Å². The van der Waals surface area contributed by atoms with Crippen molar-refractivity contribution in [3.8, 4) is 5.75 Å². The average Bonchev–Trinajstić information content (AvgIpc) is 3.19. The lowest BCUT2D eigenvalue weighted by Crippen LogP contribution is -2.55. The van der Waals surface area contributed by atoms with E-state index in [0.717, 1.165) is 35.5 Å². The highest BCUT2D eigenvalue weighted by Crippen LogP contribution is 2.40. The van der Waals surface area contributed by atoms with Gasteiger partial charge < -0.3 is 19.8 Å². The Bertz CT molecular complexity index is 1080. The average molecular weight is 456 g/mol. The van der Waals surface area contributed by atoms with Gasteiger partial charge in [0.1, 0.15) is 12.4 Å². The monoisotopic (exact) mass is 455 g/mol. The number of nitrogens with one attached hydrogen (secondary N) is 2. The Labute approximate surface area is 193 Å². The Hall–Kier alpha value is -2.48. The van der Waals surface area contributed by atoms with Crippen LogP contribution in [0.15, 0.2) is 48.5 Å². The molecule has 33 heavy (non-hydrogen) atoms. The molecule has 3 heterocycles. The van der Waals surface area contributed by atoms with Crippen molar-refractivity contribution in [2.45, 2.75) is 24.6 Å². The third kappa shape index (κ3) is 4.76. The molecule has 5 rings (SSSR count). The van der Waals surface area contributed by atoms with Crippen molar-refractivity contribution in [3.63, 3.8) is 0 Å². The molecule has 7 heteroatoms. The van der Waals surface area contributed by atoms with E-state index in [1.54, 1.807) is 0 Å². The van der Waals surface area contributed by atoms with Crippen LogP contribution in [-0.4, -0.2) is 68.2 Å². The number of nitrogens with zero attached hydrogens (tertiary/aromatic N) is 1. The van der Waals surface area contributed by atoms with E-state index in [4.69, 9.17) is 9.47 Å². The molecule has 2 aromatic carbocycles. The van der Waals surface area contributed by atoms with Crippen LogP contribution in [0, 0.1) is 0 Å². The molecule has 1 atom stereocenters. The minimum Gasteiger partial charge on any atom is -0.492 e. The first-order chi connectivity index (χ1) is 16.2. The SMILES string of the molecule is FCCCNCCOc1cccc([C@@H]2c3[nH]c4ccccc4c3CCN2CC2(F)COC2)c1. The van der Waals surface area contributed by atoms with Crippen molar-refractivity contribution in [1.82, 2.24) is 15.2 Å². The van der Waals surface area contributed by atoms with E-state index >= 15 is 4.39 Å². The molecule has 0 saturated carbocycles. The van der Waals surface area contributed by atoms with Crippen molar-refractivity contribution >= 4 is 10.9 Å². The molecular weight excluding hydrogens is 424 g/mol. The number of halogens is 2. The van der Waals surface area contributed by atoms with Gasteiger partial charge in [0.05, 0.1) is 25.9 Å². The number of rotatable bonds is 10. The molecule has 1 aromatic heterocycles. The predicted octanol–water partition coefficient (Wildman–Crippen LogP) is 4.18. The van der Waals surface area contributed by atoms with Gasteiger partial charge in [-0.15, -0.1) is 0 Å². The van der Waals surface area contributed by atoms with E-state index in [2.05, 4.69) is 45.5 Å². The number of para-hydroxylation sites is 1. The Morgan fingerprint density at radius 3 is 2.85 bits per heavy atom. The highest BCUT2D eigenvalue weighted by molar-refractivity contribution is 5.85. The van der Waals surface area contributed by atoms with Gasteiger partial charge in [0, 0.05) is 36.2 Å². The summed E-state index contributed by atoms with van der Waals surface area (Å²) < 4.78 is 38.5. The second kappa shape index (κ2) is 9.79. The fourth-order valence-corrected chi connectivity index (χ4v) is 4.95. The highest BCUT2D eigenvalue weighted by Gasteiger charge is 2.43. The van der Waals surface area contributed by atoms with Gasteiger partial charge in [0.2, 0.25) is 0 Å². The zero-order chi connectivity index (χ0) is 22.7. The van der Waals surface area contributed by atoms with Gasteiger partial charge >= 0.3 is 0 Å². The van der Waals surface area contributed by atoms with Crippen LogP contribution in [-0.2, 0) is 11.2 Å². The van der Waals surface area contributed by atoms with Crippen LogP contribution in [0.2, 0.25) is 0 Å². The van der Waals surface area contributed by atoms with Crippen molar-refractivity contribution in [1.29, 1.82) is 0 Å². The molecule has 1 saturated heterocycles. The highest BCUT2D eigenvalue weighted by atomic mass is 19.1. The van der Waals surface area contributed by atoms with Crippen molar-refractivity contribution in [2.24, 2.45) is 0 Å². The van der Waals surface area contributed by atoms with Crippen LogP contribution in [0.25, 0.3) is 10.9 Å². The summed E-state index contributed by atoms with van der Waals surface area (Å²) in [6.45, 7) is 2.96. The molecule has 2 N–H and O–H groups in total. The molecule has 0 unspecified atom stereocenters. The van der Waals surface area contributed by atoms with E-state index in [0.29, 0.717) is 32.7 Å². The molecule has 2 aliphatic heterocycles. The minimum atomic E-state index is -1.29. The Kier molecular flexibility index (Phi) is 6.62. The lowest BCUT2D eigenvalue weighted by molar-refractivity contribution is -0.144. The van der Waals surface area contributed by atoms with Gasteiger partial charge in [0.25, 0.3) is 0 Å². The molecule has 5 nitrogen and oxygen atoms in total. The molecule has 0 spiro atoms. The van der Waals surface area contributed by atoms with Gasteiger partial charge in [0.15, 0.2) is 5.67 Å². The van der Waals surface area contributed by atoms with Gasteiger partial charge in [-0.3, -0.25) is 9.29 Å². The number of ether oxygens (including phenoxy) is 2. The summed E-state index contributed by atoms with van der Waals surface area (Å²) in [6, 6.07) is 16.4. The van der Waals surface area contributed by atoms with Gasteiger partial charge in [-0.1, -0.05) is 30.3 Å². The van der Waals surface area contributed by atoms with Crippen LogP contribution in [0.4, 0.5) is 8.78 Å². The van der Waals surface area contributed by atoms with E-state index in [1.807, 2.05) is 18.2 Å². The summed E-state index contributed by atoms with van der Waals surface area (Å²) in [5.74, 6) is 0.782. The second-order valence-electron chi connectivity index (χ2n) is 9.04. The quantitative estimate of drug-likeness (QED) is 0.451. The largest absolute Gasteiger partial charge is 0.492 e. The molecule has 2 aliphatic rings. The number of aromatic nitrogens is 1. The van der Waals surface area contributed by atoms with Crippen LogP contribution < -0.4 is 10.1 Å². The summed E-state index contributed by atoms with van der Waals surface area (Å²) in [7, 11) is 0. The number of H-pyrrole nitrogens is 1. The number of fused-ring (bicyclic) bond motifs is 3.